The number of rotatable bonds is 5. The third-order valence-electron chi connectivity index (χ3n) is 4.03. The summed E-state index contributed by atoms with van der Waals surface area (Å²) in [5.74, 6) is -3.09. The summed E-state index contributed by atoms with van der Waals surface area (Å²) in [6, 6.07) is -0.955. The Kier molecular flexibility index (Phi) is 6.04. The molecule has 21 heavy (non-hydrogen) atoms. The molecule has 0 saturated heterocycles. The SMILES string of the molecule is CC(C)[C@@H](NC(=O)CC1CCC(C(F)(F)F)CC1)C(=O)O. The number of amides is 1. The first kappa shape index (κ1) is 17.8. The Morgan fingerprint density at radius 2 is 1.71 bits per heavy atom. The Balaban J connectivity index is 2.42. The van der Waals surface area contributed by atoms with Crippen LogP contribution in [0.4, 0.5) is 13.2 Å². The van der Waals surface area contributed by atoms with Gasteiger partial charge in [-0.15, -0.1) is 0 Å². The molecule has 1 aliphatic rings. The number of carboxylic acids is 1. The molecule has 1 fully saturated rings. The largest absolute Gasteiger partial charge is 0.480 e. The van der Waals surface area contributed by atoms with Gasteiger partial charge in [0.2, 0.25) is 5.91 Å². The second-order valence-electron chi connectivity index (χ2n) is 6.09. The summed E-state index contributed by atoms with van der Waals surface area (Å²) >= 11 is 0. The predicted molar refractivity (Wildman–Crippen MR) is 70.5 cm³/mol. The molecule has 1 aliphatic carbocycles. The Bertz CT molecular complexity index is 374. The van der Waals surface area contributed by atoms with Crippen LogP contribution in [-0.4, -0.2) is 29.2 Å². The lowest BCUT2D eigenvalue weighted by Crippen LogP contribution is -2.45. The highest BCUT2D eigenvalue weighted by Gasteiger charge is 2.41. The van der Waals surface area contributed by atoms with Gasteiger partial charge in [-0.2, -0.15) is 13.2 Å². The number of hydrogen-bond donors (Lipinski definition) is 2. The number of carbonyl (C=O) groups excluding carboxylic acids is 1. The molecular weight excluding hydrogens is 287 g/mol. The second-order valence-corrected chi connectivity index (χ2v) is 6.09. The van der Waals surface area contributed by atoms with Crippen molar-refractivity contribution in [3.63, 3.8) is 0 Å². The van der Waals surface area contributed by atoms with E-state index in [4.69, 9.17) is 5.11 Å². The summed E-state index contributed by atoms with van der Waals surface area (Å²) in [5, 5.41) is 11.4. The maximum absolute atomic E-state index is 12.5. The van der Waals surface area contributed by atoms with Crippen LogP contribution in [0.1, 0.15) is 46.0 Å². The van der Waals surface area contributed by atoms with Crippen molar-refractivity contribution in [2.24, 2.45) is 17.8 Å². The first-order valence-corrected chi connectivity index (χ1v) is 7.20. The van der Waals surface area contributed by atoms with Gasteiger partial charge in [0.05, 0.1) is 5.92 Å². The lowest BCUT2D eigenvalue weighted by molar-refractivity contribution is -0.184. The maximum atomic E-state index is 12.5. The number of aliphatic carboxylic acids is 1. The van der Waals surface area contributed by atoms with Gasteiger partial charge in [-0.3, -0.25) is 4.79 Å². The molecule has 7 heteroatoms. The Labute approximate surface area is 122 Å². The van der Waals surface area contributed by atoms with Crippen molar-refractivity contribution in [2.45, 2.75) is 58.2 Å². The molecule has 1 amide bonds. The Hall–Kier alpha value is -1.27. The summed E-state index contributed by atoms with van der Waals surface area (Å²) < 4.78 is 37.6. The summed E-state index contributed by atoms with van der Waals surface area (Å²) in [6.45, 7) is 3.38. The molecule has 1 rings (SSSR count). The molecule has 4 nitrogen and oxygen atoms in total. The van der Waals surface area contributed by atoms with E-state index in [0.29, 0.717) is 12.8 Å². The van der Waals surface area contributed by atoms with E-state index in [-0.39, 0.29) is 31.1 Å². The number of carboxylic acid groups (broad SMARTS) is 1. The average Bonchev–Trinajstić information content (AvgIpc) is 2.34. The number of nitrogens with one attached hydrogen (secondary N) is 1. The minimum atomic E-state index is -4.15. The summed E-state index contributed by atoms with van der Waals surface area (Å²) in [6.07, 6.45) is -3.24. The van der Waals surface area contributed by atoms with Crippen molar-refractivity contribution >= 4 is 11.9 Å². The van der Waals surface area contributed by atoms with E-state index < -0.39 is 30.0 Å². The van der Waals surface area contributed by atoms with Gasteiger partial charge in [0.15, 0.2) is 0 Å². The van der Waals surface area contributed by atoms with Crippen LogP contribution in [0.3, 0.4) is 0 Å². The van der Waals surface area contributed by atoms with Crippen LogP contribution in [-0.2, 0) is 9.59 Å². The monoisotopic (exact) mass is 309 g/mol. The zero-order valence-corrected chi connectivity index (χ0v) is 12.2. The molecule has 0 bridgehead atoms. The van der Waals surface area contributed by atoms with Crippen molar-refractivity contribution in [3.8, 4) is 0 Å². The van der Waals surface area contributed by atoms with E-state index in [1.807, 2.05) is 0 Å². The minimum absolute atomic E-state index is 0.0496. The van der Waals surface area contributed by atoms with Crippen LogP contribution in [0.25, 0.3) is 0 Å². The van der Waals surface area contributed by atoms with Crippen molar-refractivity contribution < 1.29 is 27.9 Å². The molecule has 0 aromatic carbocycles. The molecule has 0 heterocycles. The number of hydrogen-bond acceptors (Lipinski definition) is 2. The molecule has 0 radical (unpaired) electrons. The molecule has 2 N–H and O–H groups in total. The highest BCUT2D eigenvalue weighted by molar-refractivity contribution is 5.83. The van der Waals surface area contributed by atoms with Crippen LogP contribution in [0.15, 0.2) is 0 Å². The van der Waals surface area contributed by atoms with E-state index in [1.54, 1.807) is 13.8 Å². The third-order valence-corrected chi connectivity index (χ3v) is 4.03. The fraction of sp³-hybridized carbons (Fsp3) is 0.857. The highest BCUT2D eigenvalue weighted by Crippen LogP contribution is 2.40. The molecule has 0 unspecified atom stereocenters. The first-order valence-electron chi connectivity index (χ1n) is 7.20. The van der Waals surface area contributed by atoms with E-state index in [1.165, 1.54) is 0 Å². The van der Waals surface area contributed by atoms with Crippen molar-refractivity contribution in [3.05, 3.63) is 0 Å². The van der Waals surface area contributed by atoms with Gasteiger partial charge >= 0.3 is 12.1 Å². The average molecular weight is 309 g/mol. The van der Waals surface area contributed by atoms with E-state index in [0.717, 1.165) is 0 Å². The minimum Gasteiger partial charge on any atom is -0.480 e. The van der Waals surface area contributed by atoms with E-state index >= 15 is 0 Å². The van der Waals surface area contributed by atoms with Crippen molar-refractivity contribution in [2.75, 3.05) is 0 Å². The van der Waals surface area contributed by atoms with Crippen LogP contribution in [0.2, 0.25) is 0 Å². The van der Waals surface area contributed by atoms with E-state index in [2.05, 4.69) is 5.32 Å². The Morgan fingerprint density at radius 3 is 2.10 bits per heavy atom. The number of halogens is 3. The normalized spacial score (nSPS) is 24.7. The molecular formula is C14H22F3NO3. The fourth-order valence-corrected chi connectivity index (χ4v) is 2.70. The zero-order valence-electron chi connectivity index (χ0n) is 12.2. The first-order chi connectivity index (χ1) is 9.61. The summed E-state index contributed by atoms with van der Waals surface area (Å²) in [4.78, 5) is 22.8. The molecule has 0 aromatic rings. The molecule has 1 saturated carbocycles. The predicted octanol–water partition coefficient (Wildman–Crippen LogP) is 2.97. The third kappa shape index (κ3) is 5.55. The van der Waals surface area contributed by atoms with Crippen LogP contribution >= 0.6 is 0 Å². The van der Waals surface area contributed by atoms with Gasteiger partial charge < -0.3 is 10.4 Å². The lowest BCUT2D eigenvalue weighted by atomic mass is 9.80. The fourth-order valence-electron chi connectivity index (χ4n) is 2.70. The quantitative estimate of drug-likeness (QED) is 0.820. The molecule has 0 spiro atoms. The summed E-state index contributed by atoms with van der Waals surface area (Å²) in [7, 11) is 0. The molecule has 122 valence electrons. The highest BCUT2D eigenvalue weighted by atomic mass is 19.4. The van der Waals surface area contributed by atoms with E-state index in [9.17, 15) is 22.8 Å². The van der Waals surface area contributed by atoms with Gasteiger partial charge in [-0.05, 0) is 37.5 Å². The van der Waals surface area contributed by atoms with Crippen LogP contribution in [0, 0.1) is 17.8 Å². The zero-order chi connectivity index (χ0) is 16.2. The second kappa shape index (κ2) is 7.13. The Morgan fingerprint density at radius 1 is 1.19 bits per heavy atom. The van der Waals surface area contributed by atoms with Crippen LogP contribution in [0.5, 0.6) is 0 Å². The smallest absolute Gasteiger partial charge is 0.391 e. The number of carbonyl (C=O) groups is 2. The van der Waals surface area contributed by atoms with Crippen molar-refractivity contribution in [1.29, 1.82) is 0 Å². The number of alkyl halides is 3. The topological polar surface area (TPSA) is 66.4 Å². The maximum Gasteiger partial charge on any atom is 0.391 e. The van der Waals surface area contributed by atoms with Gasteiger partial charge in [-0.1, -0.05) is 13.8 Å². The van der Waals surface area contributed by atoms with Gasteiger partial charge in [0, 0.05) is 6.42 Å². The molecule has 0 aromatic heterocycles. The van der Waals surface area contributed by atoms with Crippen molar-refractivity contribution in [1.82, 2.24) is 5.32 Å². The van der Waals surface area contributed by atoms with Gasteiger partial charge in [0.1, 0.15) is 6.04 Å². The molecule has 0 aliphatic heterocycles. The van der Waals surface area contributed by atoms with Crippen LogP contribution < -0.4 is 5.32 Å². The van der Waals surface area contributed by atoms with Gasteiger partial charge in [-0.25, -0.2) is 4.79 Å². The molecule has 1 atom stereocenters. The standard InChI is InChI=1S/C14H22F3NO3/c1-8(2)12(13(20)21)18-11(19)7-9-3-5-10(6-4-9)14(15,16)17/h8-10,12H,3-7H2,1-2H3,(H,18,19)(H,20,21)/t9?,10?,12-/m1/s1. The summed E-state index contributed by atoms with van der Waals surface area (Å²) in [5.41, 5.74) is 0. The van der Waals surface area contributed by atoms with Gasteiger partial charge in [0.25, 0.3) is 0 Å². The lowest BCUT2D eigenvalue weighted by Gasteiger charge is -2.29.